The SMILES string of the molecule is COC(=O)CC1CCC(NC2CC(N(CC(=O)O)CC3CC3)C2)C1C. The van der Waals surface area contributed by atoms with Crippen molar-refractivity contribution in [3.8, 4) is 0 Å². The normalized spacial score (nSPS) is 34.8. The van der Waals surface area contributed by atoms with Crippen LogP contribution in [0.15, 0.2) is 0 Å². The second kappa shape index (κ2) is 8.04. The van der Waals surface area contributed by atoms with Crippen molar-refractivity contribution in [2.75, 3.05) is 20.2 Å². The fourth-order valence-corrected chi connectivity index (χ4v) is 4.54. The Balaban J connectivity index is 1.41. The molecule has 6 heteroatoms. The molecule has 142 valence electrons. The third kappa shape index (κ3) is 4.94. The molecule has 3 fully saturated rings. The Bertz CT molecular complexity index is 488. The lowest BCUT2D eigenvalue weighted by Gasteiger charge is -2.44. The van der Waals surface area contributed by atoms with Crippen molar-refractivity contribution in [2.24, 2.45) is 17.8 Å². The van der Waals surface area contributed by atoms with Crippen molar-refractivity contribution in [1.29, 1.82) is 0 Å². The van der Waals surface area contributed by atoms with Crippen molar-refractivity contribution in [3.63, 3.8) is 0 Å². The number of carboxylic acid groups (broad SMARTS) is 1. The van der Waals surface area contributed by atoms with E-state index in [1.165, 1.54) is 20.0 Å². The van der Waals surface area contributed by atoms with Gasteiger partial charge in [-0.3, -0.25) is 14.5 Å². The van der Waals surface area contributed by atoms with Gasteiger partial charge in [0.25, 0.3) is 0 Å². The first-order valence-corrected chi connectivity index (χ1v) is 9.75. The summed E-state index contributed by atoms with van der Waals surface area (Å²) in [6, 6.07) is 1.37. The number of methoxy groups -OCH3 is 1. The molecule has 6 nitrogen and oxygen atoms in total. The first-order valence-electron chi connectivity index (χ1n) is 9.75. The van der Waals surface area contributed by atoms with Crippen molar-refractivity contribution in [2.45, 2.75) is 70.0 Å². The molecule has 2 N–H and O–H groups in total. The summed E-state index contributed by atoms with van der Waals surface area (Å²) < 4.78 is 4.81. The number of nitrogens with one attached hydrogen (secondary N) is 1. The molecule has 0 amide bonds. The van der Waals surface area contributed by atoms with E-state index in [-0.39, 0.29) is 12.5 Å². The molecule has 0 radical (unpaired) electrons. The Kier molecular flexibility index (Phi) is 6.00. The van der Waals surface area contributed by atoms with Crippen LogP contribution in [-0.4, -0.2) is 60.3 Å². The molecule has 0 aliphatic heterocycles. The monoisotopic (exact) mass is 352 g/mol. The number of esters is 1. The summed E-state index contributed by atoms with van der Waals surface area (Å²) in [6.45, 7) is 3.36. The summed E-state index contributed by atoms with van der Waals surface area (Å²) in [6.07, 6.45) is 7.33. The molecule has 3 atom stereocenters. The van der Waals surface area contributed by atoms with Gasteiger partial charge in [0.2, 0.25) is 0 Å². The molecule has 3 rings (SSSR count). The van der Waals surface area contributed by atoms with Crippen LogP contribution in [0.3, 0.4) is 0 Å². The molecule has 0 bridgehead atoms. The smallest absolute Gasteiger partial charge is 0.317 e. The van der Waals surface area contributed by atoms with Gasteiger partial charge >= 0.3 is 11.9 Å². The minimum atomic E-state index is -0.716. The largest absolute Gasteiger partial charge is 0.480 e. The van der Waals surface area contributed by atoms with Crippen LogP contribution in [0.1, 0.15) is 51.9 Å². The third-order valence-electron chi connectivity index (χ3n) is 6.49. The molecule has 25 heavy (non-hydrogen) atoms. The zero-order chi connectivity index (χ0) is 18.0. The average molecular weight is 352 g/mol. The Morgan fingerprint density at radius 3 is 2.52 bits per heavy atom. The van der Waals surface area contributed by atoms with Crippen LogP contribution in [0.2, 0.25) is 0 Å². The van der Waals surface area contributed by atoms with Gasteiger partial charge in [0, 0.05) is 31.1 Å². The number of aliphatic carboxylic acids is 1. The van der Waals surface area contributed by atoms with E-state index in [0.29, 0.717) is 36.4 Å². The lowest BCUT2D eigenvalue weighted by molar-refractivity contribution is -0.142. The fourth-order valence-electron chi connectivity index (χ4n) is 4.54. The maximum Gasteiger partial charge on any atom is 0.317 e. The van der Waals surface area contributed by atoms with Crippen molar-refractivity contribution in [1.82, 2.24) is 10.2 Å². The molecular formula is C19H32N2O4. The highest BCUT2D eigenvalue weighted by molar-refractivity contribution is 5.69. The van der Waals surface area contributed by atoms with Crippen LogP contribution < -0.4 is 5.32 Å². The molecule has 0 aromatic carbocycles. The predicted molar refractivity (Wildman–Crippen MR) is 94.2 cm³/mol. The topological polar surface area (TPSA) is 78.9 Å². The molecule has 0 saturated heterocycles. The minimum Gasteiger partial charge on any atom is -0.480 e. The summed E-state index contributed by atoms with van der Waals surface area (Å²) in [5, 5.41) is 12.9. The number of carbonyl (C=O) groups excluding carboxylic acids is 1. The number of nitrogens with zero attached hydrogens (tertiary/aromatic N) is 1. The number of hydrogen-bond acceptors (Lipinski definition) is 5. The number of carbonyl (C=O) groups is 2. The van der Waals surface area contributed by atoms with Crippen LogP contribution in [0, 0.1) is 17.8 Å². The van der Waals surface area contributed by atoms with Gasteiger partial charge in [-0.2, -0.15) is 0 Å². The van der Waals surface area contributed by atoms with Gasteiger partial charge in [-0.15, -0.1) is 0 Å². The summed E-state index contributed by atoms with van der Waals surface area (Å²) in [5.41, 5.74) is 0. The molecule has 3 unspecified atom stereocenters. The Labute approximate surface area is 150 Å². The van der Waals surface area contributed by atoms with Crippen LogP contribution in [-0.2, 0) is 14.3 Å². The van der Waals surface area contributed by atoms with Gasteiger partial charge < -0.3 is 15.2 Å². The fraction of sp³-hybridized carbons (Fsp3) is 0.895. The van der Waals surface area contributed by atoms with Crippen molar-refractivity contribution < 1.29 is 19.4 Å². The highest BCUT2D eigenvalue weighted by Gasteiger charge is 2.40. The Hall–Kier alpha value is -1.14. The molecule has 0 heterocycles. The highest BCUT2D eigenvalue weighted by Crippen LogP contribution is 2.37. The predicted octanol–water partition coefficient (Wildman–Crippen LogP) is 1.88. The first-order chi connectivity index (χ1) is 12.0. The Morgan fingerprint density at radius 2 is 1.92 bits per heavy atom. The molecule has 0 aromatic heterocycles. The van der Waals surface area contributed by atoms with E-state index in [2.05, 4.69) is 17.1 Å². The molecule has 0 aromatic rings. The van der Waals surface area contributed by atoms with Gasteiger partial charge in [0.15, 0.2) is 0 Å². The van der Waals surface area contributed by atoms with Gasteiger partial charge in [-0.05, 0) is 56.3 Å². The lowest BCUT2D eigenvalue weighted by Crippen LogP contribution is -2.56. The Morgan fingerprint density at radius 1 is 1.20 bits per heavy atom. The van der Waals surface area contributed by atoms with Crippen molar-refractivity contribution in [3.05, 3.63) is 0 Å². The summed E-state index contributed by atoms with van der Waals surface area (Å²) >= 11 is 0. The zero-order valence-corrected chi connectivity index (χ0v) is 15.4. The quantitative estimate of drug-likeness (QED) is 0.617. The number of ether oxygens (including phenoxy) is 1. The number of rotatable bonds is 9. The third-order valence-corrected chi connectivity index (χ3v) is 6.49. The molecule has 3 saturated carbocycles. The van der Waals surface area contributed by atoms with E-state index in [9.17, 15) is 9.59 Å². The molecule has 3 aliphatic carbocycles. The second-order valence-electron chi connectivity index (χ2n) is 8.34. The summed E-state index contributed by atoms with van der Waals surface area (Å²) in [7, 11) is 1.46. The second-order valence-corrected chi connectivity index (χ2v) is 8.34. The number of carboxylic acids is 1. The molecule has 3 aliphatic rings. The molecule has 0 spiro atoms. The average Bonchev–Trinajstić information content (AvgIpc) is 3.27. The maximum absolute atomic E-state index is 11.5. The molecular weight excluding hydrogens is 320 g/mol. The van der Waals surface area contributed by atoms with E-state index in [0.717, 1.165) is 38.1 Å². The van der Waals surface area contributed by atoms with E-state index in [1.54, 1.807) is 0 Å². The minimum absolute atomic E-state index is 0.106. The summed E-state index contributed by atoms with van der Waals surface area (Å²) in [5.74, 6) is 0.803. The van der Waals surface area contributed by atoms with E-state index >= 15 is 0 Å². The van der Waals surface area contributed by atoms with E-state index in [4.69, 9.17) is 9.84 Å². The highest BCUT2D eigenvalue weighted by atomic mass is 16.5. The lowest BCUT2D eigenvalue weighted by atomic mass is 9.83. The standard InChI is InChI=1S/C19H32N2O4/c1-12-14(7-19(24)25-2)5-6-17(12)20-15-8-16(9-15)21(11-18(22)23)10-13-3-4-13/h12-17,20H,3-11H2,1-2H3,(H,22,23). The van der Waals surface area contributed by atoms with Gasteiger partial charge in [-0.1, -0.05) is 6.92 Å². The number of hydrogen-bond donors (Lipinski definition) is 2. The summed E-state index contributed by atoms with van der Waals surface area (Å²) in [4.78, 5) is 24.8. The van der Waals surface area contributed by atoms with E-state index < -0.39 is 5.97 Å². The van der Waals surface area contributed by atoms with E-state index in [1.807, 2.05) is 0 Å². The van der Waals surface area contributed by atoms with Crippen LogP contribution in [0.5, 0.6) is 0 Å². The van der Waals surface area contributed by atoms with Crippen LogP contribution in [0.4, 0.5) is 0 Å². The van der Waals surface area contributed by atoms with Crippen LogP contribution in [0.25, 0.3) is 0 Å². The van der Waals surface area contributed by atoms with Gasteiger partial charge in [0.1, 0.15) is 0 Å². The zero-order valence-electron chi connectivity index (χ0n) is 15.4. The van der Waals surface area contributed by atoms with Gasteiger partial charge in [-0.25, -0.2) is 0 Å². The van der Waals surface area contributed by atoms with Crippen molar-refractivity contribution >= 4 is 11.9 Å². The maximum atomic E-state index is 11.5. The first kappa shape index (κ1) is 18.6. The van der Waals surface area contributed by atoms with Crippen LogP contribution >= 0.6 is 0 Å². The van der Waals surface area contributed by atoms with Gasteiger partial charge in [0.05, 0.1) is 13.7 Å².